The first kappa shape index (κ1) is 64.6. The molecule has 13 atom stereocenters. The quantitative estimate of drug-likeness (QED) is 0.0227. The number of allylic oxidation sites excluding steroid dienone is 4. The number of ketones is 3. The first-order valence-corrected chi connectivity index (χ1v) is 31.4. The molecule has 16 nitrogen and oxygen atoms in total. The van der Waals surface area contributed by atoms with Gasteiger partial charge in [0.1, 0.15) is 18.9 Å². The van der Waals surface area contributed by atoms with E-state index in [-0.39, 0.29) is 100 Å². The molecule has 2 unspecified atom stereocenters. The molecular formula is C60H84F2N3O13PS. The van der Waals surface area contributed by atoms with Gasteiger partial charge < -0.3 is 40.4 Å². The van der Waals surface area contributed by atoms with Crippen LogP contribution >= 0.6 is 19.4 Å². The summed E-state index contributed by atoms with van der Waals surface area (Å²) in [5, 5.41) is 16.8. The number of Topliss-reactive ketones (excluding diaryl/α,β-unsaturated/α-hetero) is 2. The Morgan fingerprint density at radius 3 is 2.40 bits per heavy atom. The maximum Gasteiger partial charge on any atom is 0.328 e. The minimum atomic E-state index is -4.02. The number of primary amides is 1. The van der Waals surface area contributed by atoms with Crippen molar-refractivity contribution in [2.75, 3.05) is 25.1 Å². The molecule has 0 radical (unpaired) electrons. The first-order valence-electron chi connectivity index (χ1n) is 28.7. The highest BCUT2D eigenvalue weighted by atomic mass is 32.2. The monoisotopic (exact) mass is 1160 g/mol. The summed E-state index contributed by atoms with van der Waals surface area (Å²) in [6.45, 7) is 10.2. The van der Waals surface area contributed by atoms with Gasteiger partial charge in [0.25, 0.3) is 0 Å². The maximum absolute atomic E-state index is 17.8. The predicted molar refractivity (Wildman–Crippen MR) is 300 cm³/mol. The number of amides is 3. The van der Waals surface area contributed by atoms with Crippen LogP contribution in [-0.4, -0.2) is 111 Å². The van der Waals surface area contributed by atoms with Crippen molar-refractivity contribution in [2.24, 2.45) is 46.2 Å². The number of hydrogen-bond acceptors (Lipinski definition) is 13. The third-order valence-electron chi connectivity index (χ3n) is 17.7. The van der Waals surface area contributed by atoms with Crippen LogP contribution in [0.5, 0.6) is 0 Å². The van der Waals surface area contributed by atoms with Gasteiger partial charge in [0.2, 0.25) is 11.0 Å². The molecule has 442 valence electrons. The zero-order valence-corrected chi connectivity index (χ0v) is 49.1. The molecule has 1 aromatic rings. The number of aliphatic hydroxyl groups is 1. The zero-order valence-electron chi connectivity index (χ0n) is 47.4. The van der Waals surface area contributed by atoms with Gasteiger partial charge in [0.05, 0.1) is 18.8 Å². The lowest BCUT2D eigenvalue weighted by molar-refractivity contribution is -0.228. The number of nitrogens with one attached hydrogen (secondary N) is 2. The normalized spacial score (nSPS) is 30.3. The van der Waals surface area contributed by atoms with Crippen molar-refractivity contribution in [2.45, 2.75) is 193 Å². The molecule has 0 aromatic heterocycles. The van der Waals surface area contributed by atoms with Gasteiger partial charge in [-0.25, -0.2) is 13.6 Å². The number of halogens is 2. The van der Waals surface area contributed by atoms with Crippen LogP contribution < -0.4 is 16.4 Å². The SMILES string of the molecule is CCC(=O)O[C@]1(C(=O)SCCCCCCP(=O)(O)OCc2ccc(CC(=O)[C@H](CCCNC(N)=O)NC(=O)[C@@H](CC(=O)COC3C#CCCCCC3)C(C)C)cc2)[C@H](C)C[C@H]2[C@@H]3C[C@H](F)C4=CC(=O)C=C[C@]4(C)[C@@]3(F)[C@@H](O)C[C@@]21C. The van der Waals surface area contributed by atoms with Crippen LogP contribution in [0.1, 0.15) is 155 Å². The average Bonchev–Trinajstić information content (AvgIpc) is 3.86. The number of rotatable bonds is 28. The Morgan fingerprint density at radius 2 is 1.70 bits per heavy atom. The average molecular weight is 1160 g/mol. The fourth-order valence-corrected chi connectivity index (χ4v) is 15.5. The van der Waals surface area contributed by atoms with Gasteiger partial charge in [-0.3, -0.25) is 33.3 Å². The van der Waals surface area contributed by atoms with E-state index in [1.165, 1.54) is 19.1 Å². The number of ether oxygens (including phenoxy) is 2. The second-order valence-corrected chi connectivity index (χ2v) is 26.6. The Balaban J connectivity index is 0.966. The molecule has 0 spiro atoms. The highest BCUT2D eigenvalue weighted by molar-refractivity contribution is 8.13. The molecule has 3 fully saturated rings. The second-order valence-electron chi connectivity index (χ2n) is 23.5. The minimum Gasteiger partial charge on any atom is -0.449 e. The number of unbranched alkanes of at least 4 members (excludes halogenated alkanes) is 3. The number of esters is 1. The number of urea groups is 1. The molecule has 6 rings (SSSR count). The molecule has 3 saturated carbocycles. The van der Waals surface area contributed by atoms with Crippen molar-refractivity contribution < 1.29 is 70.9 Å². The van der Waals surface area contributed by atoms with Crippen molar-refractivity contribution >= 4 is 59.7 Å². The molecule has 0 bridgehead atoms. The fraction of sp³-hybridized carbons (Fsp3) is 0.683. The van der Waals surface area contributed by atoms with Gasteiger partial charge in [0, 0.05) is 72.7 Å². The van der Waals surface area contributed by atoms with Gasteiger partial charge in [-0.2, -0.15) is 0 Å². The van der Waals surface area contributed by atoms with E-state index in [0.29, 0.717) is 49.0 Å². The lowest BCUT2D eigenvalue weighted by Crippen LogP contribution is -2.70. The lowest BCUT2D eigenvalue weighted by Gasteiger charge is -2.63. The largest absolute Gasteiger partial charge is 0.449 e. The second kappa shape index (κ2) is 28.1. The Labute approximate surface area is 474 Å². The number of benzene rings is 1. The number of hydrogen-bond donors (Lipinski definition) is 5. The first-order chi connectivity index (χ1) is 37.8. The Hall–Kier alpha value is -4.57. The summed E-state index contributed by atoms with van der Waals surface area (Å²) in [5.74, 6) is 1.28. The third-order valence-corrected chi connectivity index (χ3v) is 20.1. The van der Waals surface area contributed by atoms with Crippen LogP contribution in [0.15, 0.2) is 48.1 Å². The number of aliphatic hydroxyl groups excluding tert-OH is 1. The Morgan fingerprint density at radius 1 is 0.988 bits per heavy atom. The minimum absolute atomic E-state index is 0.00110. The smallest absolute Gasteiger partial charge is 0.328 e. The van der Waals surface area contributed by atoms with Crippen molar-refractivity contribution in [3.63, 3.8) is 0 Å². The van der Waals surface area contributed by atoms with E-state index >= 15 is 8.78 Å². The maximum atomic E-state index is 17.8. The number of fused-ring (bicyclic) bond motifs is 5. The summed E-state index contributed by atoms with van der Waals surface area (Å²) in [4.78, 5) is 103. The molecule has 0 aliphatic heterocycles. The summed E-state index contributed by atoms with van der Waals surface area (Å²) in [6, 6.07) is 5.12. The highest BCUT2D eigenvalue weighted by Gasteiger charge is 2.78. The van der Waals surface area contributed by atoms with E-state index in [9.17, 15) is 48.1 Å². The molecule has 80 heavy (non-hydrogen) atoms. The van der Waals surface area contributed by atoms with E-state index in [4.69, 9.17) is 19.7 Å². The lowest BCUT2D eigenvalue weighted by atomic mass is 9.44. The standard InChI is InChI=1S/C60H84F2N3O13PS/c1-7-53(70)78-60(39(4)30-46-47-34-49(61)48-33-42(66)25-26-57(48,5)59(47,62)52(69)35-58(46,60)6)55(72)80-29-16-12-11-15-28-79(74,75)77-36-41-23-21-40(22-24-41)31-51(68)50(20-17-27-64-56(63)73)65-54(71)45(38(2)3)32-43(67)37-76-44-18-13-9-8-10-14-19-44/h21-26,33,38-39,44-47,49-50,52,69H,7-13,15-18,20,27-32,34-37H2,1-6H3,(H,65,71)(H,74,75)(H3,63,64,73)/t39-,44?,45+,46+,47+,49+,50+,52+,57+,58+,59+,60+/m1/s1. The predicted octanol–water partition coefficient (Wildman–Crippen LogP) is 9.09. The molecule has 20 heteroatoms. The van der Waals surface area contributed by atoms with Crippen molar-refractivity contribution in [3.8, 4) is 11.8 Å². The summed E-state index contributed by atoms with van der Waals surface area (Å²) >= 11 is 1.00. The molecule has 0 heterocycles. The van der Waals surface area contributed by atoms with E-state index in [1.807, 2.05) is 13.8 Å². The van der Waals surface area contributed by atoms with Gasteiger partial charge in [0.15, 0.2) is 28.6 Å². The van der Waals surface area contributed by atoms with Crippen LogP contribution in [-0.2, 0) is 60.4 Å². The summed E-state index contributed by atoms with van der Waals surface area (Å²) in [7, 11) is -4.02. The topological polar surface area (TPSA) is 255 Å². The molecule has 5 aliphatic rings. The molecular weight excluding hydrogens is 1070 g/mol. The zero-order chi connectivity index (χ0) is 58.6. The summed E-state index contributed by atoms with van der Waals surface area (Å²) in [5.41, 5.74) is -0.469. The molecule has 6 N–H and O–H groups in total. The number of alkyl halides is 2. The number of nitrogens with two attached hydrogens (primary N) is 1. The number of carbonyl (C=O) groups excluding carboxylic acids is 7. The Bertz CT molecular complexity index is 2610. The number of thioether (sulfide) groups is 1. The van der Waals surface area contributed by atoms with Crippen LogP contribution in [0.4, 0.5) is 13.6 Å². The van der Waals surface area contributed by atoms with E-state index < -0.39 is 100 Å². The van der Waals surface area contributed by atoms with Crippen LogP contribution in [0.25, 0.3) is 0 Å². The Kier molecular flexibility index (Phi) is 22.7. The fourth-order valence-electron chi connectivity index (χ4n) is 13.2. The van der Waals surface area contributed by atoms with Gasteiger partial charge in [-0.1, -0.05) is 102 Å². The molecule has 0 saturated heterocycles. The summed E-state index contributed by atoms with van der Waals surface area (Å²) in [6.07, 6.45) is 6.75. The number of carbonyl (C=O) groups is 7. The van der Waals surface area contributed by atoms with Crippen molar-refractivity contribution in [1.82, 2.24) is 10.6 Å². The van der Waals surface area contributed by atoms with Crippen LogP contribution in [0.3, 0.4) is 0 Å². The van der Waals surface area contributed by atoms with Gasteiger partial charge in [-0.05, 0) is 112 Å². The molecule has 1 aromatic carbocycles. The third kappa shape index (κ3) is 15.0. The van der Waals surface area contributed by atoms with Crippen LogP contribution in [0.2, 0.25) is 0 Å². The molecule has 3 amide bonds. The van der Waals surface area contributed by atoms with E-state index in [1.54, 1.807) is 45.0 Å². The van der Waals surface area contributed by atoms with Crippen LogP contribution in [0, 0.1) is 52.3 Å². The summed E-state index contributed by atoms with van der Waals surface area (Å²) < 4.78 is 64.5. The van der Waals surface area contributed by atoms with E-state index in [2.05, 4.69) is 22.5 Å². The highest BCUT2D eigenvalue weighted by Crippen LogP contribution is 2.72. The van der Waals surface area contributed by atoms with Crippen molar-refractivity contribution in [1.29, 1.82) is 0 Å². The van der Waals surface area contributed by atoms with E-state index in [0.717, 1.165) is 49.9 Å². The van der Waals surface area contributed by atoms with Crippen molar-refractivity contribution in [3.05, 3.63) is 59.2 Å². The molecule has 5 aliphatic carbocycles. The van der Waals surface area contributed by atoms with Gasteiger partial charge >= 0.3 is 19.6 Å². The van der Waals surface area contributed by atoms with Gasteiger partial charge in [-0.15, -0.1) is 5.92 Å².